The Hall–Kier alpha value is -3.73. The first-order valence-corrected chi connectivity index (χ1v) is 13.0. The minimum Gasteiger partial charge on any atom is -0.357 e. The van der Waals surface area contributed by atoms with Crippen molar-refractivity contribution < 1.29 is 14.0 Å². The molecule has 4 nitrogen and oxygen atoms in total. The monoisotopic (exact) mass is 496 g/mol. The molecule has 1 aliphatic carbocycles. The summed E-state index contributed by atoms with van der Waals surface area (Å²) in [6.07, 6.45) is 1.29. The van der Waals surface area contributed by atoms with Gasteiger partial charge in [0.2, 0.25) is 5.91 Å². The summed E-state index contributed by atoms with van der Waals surface area (Å²) in [6.45, 7) is 8.39. The Morgan fingerprint density at radius 3 is 2.24 bits per heavy atom. The van der Waals surface area contributed by atoms with Crippen LogP contribution in [0.5, 0.6) is 0 Å². The number of carbonyl (C=O) groups is 2. The van der Waals surface area contributed by atoms with Gasteiger partial charge in [0, 0.05) is 24.1 Å². The summed E-state index contributed by atoms with van der Waals surface area (Å²) < 4.78 is 13.9. The van der Waals surface area contributed by atoms with Gasteiger partial charge >= 0.3 is 0 Å². The lowest BCUT2D eigenvalue weighted by Gasteiger charge is -2.35. The molecule has 2 atom stereocenters. The highest BCUT2D eigenvalue weighted by Crippen LogP contribution is 2.47. The molecule has 0 saturated carbocycles. The van der Waals surface area contributed by atoms with Gasteiger partial charge in [0.15, 0.2) is 5.78 Å². The standard InChI is InChI=1S/C32H33FN2O2/c1-5-29(37)35-27-9-7-6-8-25(27)34-26-18-22(20-10-14-23(15-11-20)32(2,3)4)19-28(36)30(26)31(35)21-12-16-24(33)17-13-21/h6-17,22,31,34H,5,18-19H2,1-4H3/t22-,31-/m1/s1. The van der Waals surface area contributed by atoms with Crippen LogP contribution in [0.15, 0.2) is 84.1 Å². The second-order valence-corrected chi connectivity index (χ2v) is 11.0. The quantitative estimate of drug-likeness (QED) is 0.410. The first-order valence-electron chi connectivity index (χ1n) is 13.0. The van der Waals surface area contributed by atoms with Gasteiger partial charge in [0.25, 0.3) is 0 Å². The molecule has 37 heavy (non-hydrogen) atoms. The van der Waals surface area contributed by atoms with E-state index in [1.54, 1.807) is 17.0 Å². The number of ketones is 1. The van der Waals surface area contributed by atoms with E-state index in [4.69, 9.17) is 0 Å². The first-order chi connectivity index (χ1) is 17.7. The normalized spacial score (nSPS) is 19.6. The number of anilines is 2. The molecule has 0 spiro atoms. The number of hydrogen-bond acceptors (Lipinski definition) is 3. The molecule has 1 aliphatic heterocycles. The van der Waals surface area contributed by atoms with Gasteiger partial charge in [-0.25, -0.2) is 4.39 Å². The molecule has 2 aliphatic rings. The fraction of sp³-hybridized carbons (Fsp3) is 0.312. The van der Waals surface area contributed by atoms with Crippen LogP contribution in [0, 0.1) is 5.82 Å². The maximum absolute atomic E-state index is 13.9. The summed E-state index contributed by atoms with van der Waals surface area (Å²) in [4.78, 5) is 29.1. The lowest BCUT2D eigenvalue weighted by Crippen LogP contribution is -2.38. The molecule has 3 aromatic carbocycles. The smallest absolute Gasteiger partial charge is 0.227 e. The number of rotatable bonds is 3. The maximum atomic E-state index is 13.9. The van der Waals surface area contributed by atoms with E-state index in [-0.39, 0.29) is 35.3 Å². The van der Waals surface area contributed by atoms with E-state index in [1.807, 2.05) is 31.2 Å². The van der Waals surface area contributed by atoms with Crippen molar-refractivity contribution in [3.05, 3.63) is 107 Å². The highest BCUT2D eigenvalue weighted by atomic mass is 19.1. The Bertz CT molecular complexity index is 1370. The molecular formula is C32H33FN2O2. The van der Waals surface area contributed by atoms with Crippen LogP contribution < -0.4 is 10.2 Å². The molecule has 1 heterocycles. The van der Waals surface area contributed by atoms with Crippen LogP contribution in [0.2, 0.25) is 0 Å². The van der Waals surface area contributed by atoms with Crippen molar-refractivity contribution in [1.82, 2.24) is 0 Å². The molecule has 1 amide bonds. The second kappa shape index (κ2) is 9.62. The summed E-state index contributed by atoms with van der Waals surface area (Å²) >= 11 is 0. The van der Waals surface area contributed by atoms with Gasteiger partial charge in [0.05, 0.1) is 17.4 Å². The van der Waals surface area contributed by atoms with Gasteiger partial charge in [-0.15, -0.1) is 0 Å². The lowest BCUT2D eigenvalue weighted by atomic mass is 9.77. The highest BCUT2D eigenvalue weighted by Gasteiger charge is 2.41. The third kappa shape index (κ3) is 4.71. The lowest BCUT2D eigenvalue weighted by molar-refractivity contribution is -0.119. The van der Waals surface area contributed by atoms with Crippen molar-refractivity contribution in [1.29, 1.82) is 0 Å². The number of halogens is 1. The van der Waals surface area contributed by atoms with Crippen molar-refractivity contribution in [3.63, 3.8) is 0 Å². The van der Waals surface area contributed by atoms with Crippen LogP contribution in [0.4, 0.5) is 15.8 Å². The maximum Gasteiger partial charge on any atom is 0.227 e. The first kappa shape index (κ1) is 24.9. The fourth-order valence-corrected chi connectivity index (χ4v) is 5.49. The van der Waals surface area contributed by atoms with Gasteiger partial charge in [-0.2, -0.15) is 0 Å². The molecule has 5 heteroatoms. The van der Waals surface area contributed by atoms with Crippen LogP contribution in [0.25, 0.3) is 0 Å². The Kier molecular flexibility index (Phi) is 6.49. The Labute approximate surface area is 218 Å². The minimum atomic E-state index is -0.629. The van der Waals surface area contributed by atoms with E-state index in [0.29, 0.717) is 18.4 Å². The zero-order valence-corrected chi connectivity index (χ0v) is 21.8. The molecule has 0 bridgehead atoms. The van der Waals surface area contributed by atoms with Crippen molar-refractivity contribution in [2.45, 2.75) is 64.3 Å². The number of hydrogen-bond donors (Lipinski definition) is 1. The van der Waals surface area contributed by atoms with E-state index in [2.05, 4.69) is 50.4 Å². The summed E-state index contributed by atoms with van der Waals surface area (Å²) in [5.74, 6) is -0.408. The predicted molar refractivity (Wildman–Crippen MR) is 146 cm³/mol. The number of para-hydroxylation sites is 2. The number of nitrogens with zero attached hydrogens (tertiary/aromatic N) is 1. The third-order valence-corrected chi connectivity index (χ3v) is 7.49. The predicted octanol–water partition coefficient (Wildman–Crippen LogP) is 7.43. The molecule has 0 aromatic heterocycles. The molecule has 0 radical (unpaired) electrons. The van der Waals surface area contributed by atoms with Crippen LogP contribution in [0.1, 0.15) is 75.6 Å². The van der Waals surface area contributed by atoms with Crippen LogP contribution in [-0.2, 0) is 15.0 Å². The van der Waals surface area contributed by atoms with E-state index in [1.165, 1.54) is 17.7 Å². The second-order valence-electron chi connectivity index (χ2n) is 11.0. The van der Waals surface area contributed by atoms with E-state index < -0.39 is 6.04 Å². The van der Waals surface area contributed by atoms with Crippen molar-refractivity contribution in [2.75, 3.05) is 10.2 Å². The number of fused-ring (bicyclic) bond motifs is 1. The number of carbonyl (C=O) groups excluding carboxylic acids is 2. The van der Waals surface area contributed by atoms with Crippen LogP contribution >= 0.6 is 0 Å². The van der Waals surface area contributed by atoms with Gasteiger partial charge in [-0.3, -0.25) is 14.5 Å². The molecular weight excluding hydrogens is 463 g/mol. The molecule has 0 unspecified atom stereocenters. The van der Waals surface area contributed by atoms with Crippen LogP contribution in [0.3, 0.4) is 0 Å². The summed E-state index contributed by atoms with van der Waals surface area (Å²) in [7, 11) is 0. The summed E-state index contributed by atoms with van der Waals surface area (Å²) in [5.41, 5.74) is 6.09. The van der Waals surface area contributed by atoms with E-state index >= 15 is 0 Å². The number of Topliss-reactive ketones (excluding diaryl/α,β-unsaturated/α-hetero) is 1. The average Bonchev–Trinajstić information content (AvgIpc) is 3.03. The van der Waals surface area contributed by atoms with Gasteiger partial charge in [0.1, 0.15) is 5.82 Å². The molecule has 190 valence electrons. The van der Waals surface area contributed by atoms with Crippen molar-refractivity contribution in [2.24, 2.45) is 0 Å². The van der Waals surface area contributed by atoms with Gasteiger partial charge in [-0.05, 0) is 58.7 Å². The molecule has 5 rings (SSSR count). The molecule has 0 fully saturated rings. The number of benzene rings is 3. The summed E-state index contributed by atoms with van der Waals surface area (Å²) in [6, 6.07) is 21.8. The van der Waals surface area contributed by atoms with Gasteiger partial charge in [-0.1, -0.05) is 76.2 Å². The Balaban J connectivity index is 1.64. The zero-order valence-electron chi connectivity index (χ0n) is 21.8. The van der Waals surface area contributed by atoms with Crippen LogP contribution in [-0.4, -0.2) is 11.7 Å². The number of nitrogens with one attached hydrogen (secondary N) is 1. The number of allylic oxidation sites excluding steroid dienone is 1. The average molecular weight is 497 g/mol. The summed E-state index contributed by atoms with van der Waals surface area (Å²) in [5, 5.41) is 3.54. The minimum absolute atomic E-state index is 0.00896. The Morgan fingerprint density at radius 2 is 1.59 bits per heavy atom. The Morgan fingerprint density at radius 1 is 0.946 bits per heavy atom. The van der Waals surface area contributed by atoms with Gasteiger partial charge < -0.3 is 5.32 Å². The van der Waals surface area contributed by atoms with E-state index in [0.717, 1.165) is 28.2 Å². The topological polar surface area (TPSA) is 49.4 Å². The van der Waals surface area contributed by atoms with Crippen molar-refractivity contribution in [3.8, 4) is 0 Å². The number of amides is 1. The van der Waals surface area contributed by atoms with Crippen molar-refractivity contribution >= 4 is 23.1 Å². The zero-order chi connectivity index (χ0) is 26.3. The van der Waals surface area contributed by atoms with E-state index in [9.17, 15) is 14.0 Å². The SMILES string of the molecule is CCC(=O)N1c2ccccc2NC2=C(C(=O)C[C@H](c3ccc(C(C)(C)C)cc3)C2)[C@H]1c1ccc(F)cc1. The molecule has 0 saturated heterocycles. The fourth-order valence-electron chi connectivity index (χ4n) is 5.49. The third-order valence-electron chi connectivity index (χ3n) is 7.49. The largest absolute Gasteiger partial charge is 0.357 e. The molecule has 1 N–H and O–H groups in total. The highest BCUT2D eigenvalue weighted by molar-refractivity contribution is 6.06. The molecule has 3 aromatic rings.